The van der Waals surface area contributed by atoms with Crippen molar-refractivity contribution < 1.29 is 4.74 Å². The summed E-state index contributed by atoms with van der Waals surface area (Å²) in [7, 11) is 1.60. The minimum absolute atomic E-state index is 0.0647. The fourth-order valence-corrected chi connectivity index (χ4v) is 4.25. The molecule has 2 N–H and O–H groups in total. The summed E-state index contributed by atoms with van der Waals surface area (Å²) in [5, 5.41) is 29.5. The van der Waals surface area contributed by atoms with Crippen molar-refractivity contribution in [1.29, 1.82) is 15.8 Å². The molecule has 0 saturated heterocycles. The van der Waals surface area contributed by atoms with Gasteiger partial charge in [0.2, 0.25) is 5.41 Å². The van der Waals surface area contributed by atoms with Gasteiger partial charge in [0.1, 0.15) is 5.75 Å². The van der Waals surface area contributed by atoms with Crippen LogP contribution in [0.1, 0.15) is 31.2 Å². The SMILES string of the molecule is COc1cccc([C@H]2C(C#N)=C(N)C(C#N)(C#N)C3=CCC(C)C[C@@H]32)c1. The molecule has 1 aromatic rings. The average molecular weight is 344 g/mol. The number of nitrogens with zero attached hydrogens (tertiary/aromatic N) is 3. The molecule has 130 valence electrons. The maximum Gasteiger partial charge on any atom is 0.204 e. The minimum Gasteiger partial charge on any atom is -0.497 e. The van der Waals surface area contributed by atoms with Crippen molar-refractivity contribution >= 4 is 0 Å². The topological polar surface area (TPSA) is 107 Å². The molecule has 5 nitrogen and oxygen atoms in total. The lowest BCUT2D eigenvalue weighted by Gasteiger charge is -2.43. The van der Waals surface area contributed by atoms with E-state index in [4.69, 9.17) is 10.5 Å². The van der Waals surface area contributed by atoms with Crippen LogP contribution in [-0.4, -0.2) is 7.11 Å². The maximum absolute atomic E-state index is 9.84. The van der Waals surface area contributed by atoms with Crippen LogP contribution in [0.2, 0.25) is 0 Å². The fourth-order valence-electron chi connectivity index (χ4n) is 4.25. The van der Waals surface area contributed by atoms with E-state index >= 15 is 0 Å². The third kappa shape index (κ3) is 2.43. The summed E-state index contributed by atoms with van der Waals surface area (Å²) in [4.78, 5) is 0. The number of ether oxygens (including phenoxy) is 1. The van der Waals surface area contributed by atoms with E-state index in [2.05, 4.69) is 25.1 Å². The normalized spacial score (nSPS) is 26.6. The van der Waals surface area contributed by atoms with Crippen LogP contribution in [0.15, 0.2) is 47.2 Å². The zero-order valence-electron chi connectivity index (χ0n) is 14.9. The van der Waals surface area contributed by atoms with Crippen LogP contribution in [0, 0.1) is 51.2 Å². The van der Waals surface area contributed by atoms with Gasteiger partial charge in [0.25, 0.3) is 0 Å². The number of fused-ring (bicyclic) bond motifs is 1. The number of methoxy groups -OCH3 is 1. The molecule has 3 rings (SSSR count). The first kappa shape index (κ1) is 17.6. The van der Waals surface area contributed by atoms with Crippen molar-refractivity contribution in [2.75, 3.05) is 7.11 Å². The van der Waals surface area contributed by atoms with Gasteiger partial charge in [0, 0.05) is 5.92 Å². The van der Waals surface area contributed by atoms with Gasteiger partial charge in [0.15, 0.2) is 0 Å². The number of hydrogen-bond acceptors (Lipinski definition) is 5. The summed E-state index contributed by atoms with van der Waals surface area (Å²) in [6, 6.07) is 14.0. The Kier molecular flexibility index (Phi) is 4.45. The second-order valence-corrected chi connectivity index (χ2v) is 7.01. The lowest BCUT2D eigenvalue weighted by atomic mass is 9.57. The largest absolute Gasteiger partial charge is 0.497 e. The van der Waals surface area contributed by atoms with Crippen LogP contribution in [-0.2, 0) is 0 Å². The third-order valence-corrected chi connectivity index (χ3v) is 5.55. The first-order valence-electron chi connectivity index (χ1n) is 8.59. The average Bonchev–Trinajstić information content (AvgIpc) is 2.67. The summed E-state index contributed by atoms with van der Waals surface area (Å²) in [5.74, 6) is 0.724. The van der Waals surface area contributed by atoms with Crippen molar-refractivity contribution in [2.24, 2.45) is 23.0 Å². The summed E-state index contributed by atoms with van der Waals surface area (Å²) < 4.78 is 5.33. The predicted molar refractivity (Wildman–Crippen MR) is 96.2 cm³/mol. The Bertz CT molecular complexity index is 909. The number of nitrogens with two attached hydrogens (primary N) is 1. The fraction of sp³-hybridized carbons (Fsp3) is 0.381. The van der Waals surface area contributed by atoms with Crippen molar-refractivity contribution in [1.82, 2.24) is 0 Å². The van der Waals surface area contributed by atoms with Crippen molar-refractivity contribution in [3.63, 3.8) is 0 Å². The summed E-state index contributed by atoms with van der Waals surface area (Å²) >= 11 is 0. The van der Waals surface area contributed by atoms with E-state index in [1.807, 2.05) is 30.3 Å². The Morgan fingerprint density at radius 1 is 1.23 bits per heavy atom. The van der Waals surface area contributed by atoms with Crippen LogP contribution < -0.4 is 10.5 Å². The van der Waals surface area contributed by atoms with Crippen LogP contribution in [0.5, 0.6) is 5.75 Å². The Hall–Kier alpha value is -3.23. The van der Waals surface area contributed by atoms with Crippen LogP contribution in [0.3, 0.4) is 0 Å². The highest BCUT2D eigenvalue weighted by molar-refractivity contribution is 5.58. The lowest BCUT2D eigenvalue weighted by molar-refractivity contribution is 0.333. The van der Waals surface area contributed by atoms with Gasteiger partial charge in [-0.05, 0) is 47.9 Å². The zero-order valence-corrected chi connectivity index (χ0v) is 14.9. The molecule has 0 spiro atoms. The molecule has 0 radical (unpaired) electrons. The number of hydrogen-bond donors (Lipinski definition) is 1. The highest BCUT2D eigenvalue weighted by Crippen LogP contribution is 2.55. The Labute approximate surface area is 153 Å². The first-order chi connectivity index (χ1) is 12.5. The molecule has 2 aliphatic carbocycles. The van der Waals surface area contributed by atoms with Gasteiger partial charge < -0.3 is 10.5 Å². The number of rotatable bonds is 2. The monoisotopic (exact) mass is 344 g/mol. The molecular weight excluding hydrogens is 324 g/mol. The van der Waals surface area contributed by atoms with Crippen LogP contribution in [0.25, 0.3) is 0 Å². The standard InChI is InChI=1S/C21H20N4O/c1-13-6-7-18-16(8-13)19(14-4-3-5-15(9-14)26-2)17(10-22)20(25)21(18,11-23)12-24/h3-5,7,9,13,16,19H,6,8,25H2,1-2H3/t13?,16-,19+/m0/s1. The maximum atomic E-state index is 9.84. The quantitative estimate of drug-likeness (QED) is 0.826. The molecule has 0 saturated carbocycles. The van der Waals surface area contributed by atoms with Gasteiger partial charge >= 0.3 is 0 Å². The van der Waals surface area contributed by atoms with Gasteiger partial charge in [-0.3, -0.25) is 0 Å². The van der Waals surface area contributed by atoms with E-state index < -0.39 is 5.41 Å². The second-order valence-electron chi connectivity index (χ2n) is 7.01. The predicted octanol–water partition coefficient (Wildman–Crippen LogP) is 3.53. The molecule has 0 aromatic heterocycles. The van der Waals surface area contributed by atoms with E-state index in [-0.39, 0.29) is 17.5 Å². The van der Waals surface area contributed by atoms with Crippen LogP contribution >= 0.6 is 0 Å². The van der Waals surface area contributed by atoms with Crippen molar-refractivity contribution in [3.05, 3.63) is 52.7 Å². The molecule has 0 heterocycles. The minimum atomic E-state index is -1.55. The molecule has 0 aliphatic heterocycles. The van der Waals surface area contributed by atoms with Gasteiger partial charge in [-0.25, -0.2) is 0 Å². The summed E-state index contributed by atoms with van der Waals surface area (Å²) in [5.41, 5.74) is 6.76. The molecule has 2 aliphatic rings. The Balaban J connectivity index is 2.30. The van der Waals surface area contributed by atoms with Gasteiger partial charge in [0.05, 0.1) is 36.6 Å². The summed E-state index contributed by atoms with van der Waals surface area (Å²) in [6.45, 7) is 2.14. The molecule has 0 bridgehead atoms. The zero-order chi connectivity index (χ0) is 18.9. The van der Waals surface area contributed by atoms with E-state index in [0.29, 0.717) is 17.2 Å². The highest BCUT2D eigenvalue weighted by atomic mass is 16.5. The van der Waals surface area contributed by atoms with E-state index in [0.717, 1.165) is 24.0 Å². The van der Waals surface area contributed by atoms with Crippen LogP contribution in [0.4, 0.5) is 0 Å². The molecule has 5 heteroatoms. The number of allylic oxidation sites excluding steroid dienone is 3. The molecule has 1 aromatic carbocycles. The first-order valence-corrected chi connectivity index (χ1v) is 8.59. The third-order valence-electron chi connectivity index (χ3n) is 5.55. The van der Waals surface area contributed by atoms with Crippen molar-refractivity contribution in [2.45, 2.75) is 25.7 Å². The van der Waals surface area contributed by atoms with E-state index in [1.165, 1.54) is 0 Å². The molecular formula is C21H20N4O. The highest BCUT2D eigenvalue weighted by Gasteiger charge is 2.52. The second kappa shape index (κ2) is 6.58. The smallest absolute Gasteiger partial charge is 0.204 e. The van der Waals surface area contributed by atoms with Gasteiger partial charge in [-0.15, -0.1) is 0 Å². The lowest BCUT2D eigenvalue weighted by Crippen LogP contribution is -2.41. The Morgan fingerprint density at radius 3 is 2.58 bits per heavy atom. The molecule has 3 atom stereocenters. The Morgan fingerprint density at radius 2 is 1.96 bits per heavy atom. The number of benzene rings is 1. The molecule has 0 amide bonds. The molecule has 26 heavy (non-hydrogen) atoms. The van der Waals surface area contributed by atoms with E-state index in [9.17, 15) is 15.8 Å². The van der Waals surface area contributed by atoms with Gasteiger partial charge in [-0.1, -0.05) is 25.1 Å². The van der Waals surface area contributed by atoms with Gasteiger partial charge in [-0.2, -0.15) is 15.8 Å². The van der Waals surface area contributed by atoms with Crippen molar-refractivity contribution in [3.8, 4) is 24.0 Å². The molecule has 1 unspecified atom stereocenters. The summed E-state index contributed by atoms with van der Waals surface area (Å²) in [6.07, 6.45) is 3.59. The number of nitriles is 3. The van der Waals surface area contributed by atoms with E-state index in [1.54, 1.807) is 7.11 Å². The molecule has 0 fully saturated rings.